The molecular weight excluding hydrogens is 254 g/mol. The molecule has 0 aromatic carbocycles. The molecule has 1 aliphatic carbocycles. The third-order valence-electron chi connectivity index (χ3n) is 3.81. The molecule has 0 saturated heterocycles. The molecule has 108 valence electrons. The van der Waals surface area contributed by atoms with Crippen LogP contribution in [0.15, 0.2) is 24.4 Å². The standard InChI is InChI=1S/C16H21NO3/c1-2-12-5-3-4-6-15(12)20-14-9-7-13(17-11-14)8-10-16(18)19/h7-12,15H,2-6H2,1H3,(H,18,19). The van der Waals surface area contributed by atoms with Crippen molar-refractivity contribution in [2.75, 3.05) is 0 Å². The normalized spacial score (nSPS) is 22.9. The Morgan fingerprint density at radius 1 is 1.45 bits per heavy atom. The second-order valence-corrected chi connectivity index (χ2v) is 5.20. The van der Waals surface area contributed by atoms with Crippen molar-refractivity contribution < 1.29 is 14.6 Å². The summed E-state index contributed by atoms with van der Waals surface area (Å²) >= 11 is 0. The molecule has 2 rings (SSSR count). The Balaban J connectivity index is 1.97. The molecular formula is C16H21NO3. The second-order valence-electron chi connectivity index (χ2n) is 5.20. The highest BCUT2D eigenvalue weighted by Gasteiger charge is 2.25. The van der Waals surface area contributed by atoms with Crippen LogP contribution in [0.5, 0.6) is 5.75 Å². The van der Waals surface area contributed by atoms with Crippen molar-refractivity contribution >= 4 is 12.0 Å². The highest BCUT2D eigenvalue weighted by molar-refractivity contribution is 5.84. The zero-order chi connectivity index (χ0) is 14.4. The van der Waals surface area contributed by atoms with Crippen LogP contribution in [-0.2, 0) is 4.79 Å². The maximum Gasteiger partial charge on any atom is 0.328 e. The minimum atomic E-state index is -0.972. The van der Waals surface area contributed by atoms with Crippen LogP contribution in [-0.4, -0.2) is 22.2 Å². The molecule has 1 saturated carbocycles. The average Bonchev–Trinajstić information content (AvgIpc) is 2.47. The second kappa shape index (κ2) is 7.08. The molecule has 0 bridgehead atoms. The first-order valence-corrected chi connectivity index (χ1v) is 7.22. The fraction of sp³-hybridized carbons (Fsp3) is 0.500. The largest absolute Gasteiger partial charge is 0.489 e. The molecule has 1 aromatic heterocycles. The summed E-state index contributed by atoms with van der Waals surface area (Å²) in [7, 11) is 0. The third kappa shape index (κ3) is 4.08. The van der Waals surface area contributed by atoms with Crippen molar-refractivity contribution in [3.63, 3.8) is 0 Å². The summed E-state index contributed by atoms with van der Waals surface area (Å²) < 4.78 is 6.04. The van der Waals surface area contributed by atoms with Gasteiger partial charge in [0.2, 0.25) is 0 Å². The molecule has 2 atom stereocenters. The lowest BCUT2D eigenvalue weighted by Gasteiger charge is -2.31. The summed E-state index contributed by atoms with van der Waals surface area (Å²) in [5.74, 6) is 0.429. The van der Waals surface area contributed by atoms with Crippen LogP contribution in [0, 0.1) is 5.92 Å². The minimum Gasteiger partial charge on any atom is -0.489 e. The maximum atomic E-state index is 10.4. The van der Waals surface area contributed by atoms with Crippen molar-refractivity contribution in [3.8, 4) is 5.75 Å². The van der Waals surface area contributed by atoms with Gasteiger partial charge in [0.15, 0.2) is 0 Å². The van der Waals surface area contributed by atoms with Gasteiger partial charge in [0.1, 0.15) is 11.9 Å². The Morgan fingerprint density at radius 3 is 2.90 bits per heavy atom. The molecule has 4 heteroatoms. The lowest BCUT2D eigenvalue weighted by atomic mass is 9.85. The highest BCUT2D eigenvalue weighted by atomic mass is 16.5. The van der Waals surface area contributed by atoms with Gasteiger partial charge in [-0.25, -0.2) is 4.79 Å². The Labute approximate surface area is 119 Å². The molecule has 4 nitrogen and oxygen atoms in total. The van der Waals surface area contributed by atoms with E-state index in [1.807, 2.05) is 6.07 Å². The van der Waals surface area contributed by atoms with Crippen LogP contribution in [0.4, 0.5) is 0 Å². The van der Waals surface area contributed by atoms with E-state index >= 15 is 0 Å². The van der Waals surface area contributed by atoms with Gasteiger partial charge in [-0.05, 0) is 49.8 Å². The molecule has 1 fully saturated rings. The van der Waals surface area contributed by atoms with Crippen LogP contribution in [0.2, 0.25) is 0 Å². The van der Waals surface area contributed by atoms with Crippen molar-refractivity contribution in [1.82, 2.24) is 4.98 Å². The maximum absolute atomic E-state index is 10.4. The van der Waals surface area contributed by atoms with Gasteiger partial charge >= 0.3 is 5.97 Å². The van der Waals surface area contributed by atoms with Crippen molar-refractivity contribution in [3.05, 3.63) is 30.1 Å². The van der Waals surface area contributed by atoms with E-state index < -0.39 is 5.97 Å². The van der Waals surface area contributed by atoms with E-state index in [0.29, 0.717) is 11.6 Å². The van der Waals surface area contributed by atoms with Crippen LogP contribution in [0.3, 0.4) is 0 Å². The fourth-order valence-electron chi connectivity index (χ4n) is 2.69. The summed E-state index contributed by atoms with van der Waals surface area (Å²) in [5, 5.41) is 8.56. The first-order valence-electron chi connectivity index (χ1n) is 7.22. The third-order valence-corrected chi connectivity index (χ3v) is 3.81. The van der Waals surface area contributed by atoms with Gasteiger partial charge in [-0.15, -0.1) is 0 Å². The van der Waals surface area contributed by atoms with Crippen LogP contribution >= 0.6 is 0 Å². The van der Waals surface area contributed by atoms with Gasteiger partial charge in [0.05, 0.1) is 11.9 Å². The topological polar surface area (TPSA) is 59.4 Å². The number of rotatable bonds is 5. The number of carbonyl (C=O) groups is 1. The predicted molar refractivity (Wildman–Crippen MR) is 77.6 cm³/mol. The number of ether oxygens (including phenoxy) is 1. The molecule has 0 radical (unpaired) electrons. The highest BCUT2D eigenvalue weighted by Crippen LogP contribution is 2.30. The summed E-state index contributed by atoms with van der Waals surface area (Å²) in [6, 6.07) is 3.63. The van der Waals surface area contributed by atoms with Crippen molar-refractivity contribution in [2.24, 2.45) is 5.92 Å². The summed E-state index contributed by atoms with van der Waals surface area (Å²) in [4.78, 5) is 14.6. The monoisotopic (exact) mass is 275 g/mol. The quantitative estimate of drug-likeness (QED) is 0.835. The van der Waals surface area contributed by atoms with Gasteiger partial charge in [0.25, 0.3) is 0 Å². The molecule has 0 aliphatic heterocycles. The Bertz CT molecular complexity index is 467. The van der Waals surface area contributed by atoms with E-state index in [0.717, 1.165) is 24.7 Å². The van der Waals surface area contributed by atoms with E-state index in [4.69, 9.17) is 9.84 Å². The van der Waals surface area contributed by atoms with E-state index in [-0.39, 0.29) is 6.10 Å². The summed E-state index contributed by atoms with van der Waals surface area (Å²) in [6.07, 6.45) is 10.5. The Hall–Kier alpha value is -1.84. The number of pyridine rings is 1. The zero-order valence-corrected chi connectivity index (χ0v) is 11.8. The number of carboxylic acid groups (broad SMARTS) is 1. The lowest BCUT2D eigenvalue weighted by molar-refractivity contribution is -0.131. The van der Waals surface area contributed by atoms with Gasteiger partial charge in [0, 0.05) is 6.08 Å². The molecule has 0 amide bonds. The number of aromatic nitrogens is 1. The first kappa shape index (κ1) is 14.6. The summed E-state index contributed by atoms with van der Waals surface area (Å²) in [6.45, 7) is 2.21. The van der Waals surface area contributed by atoms with E-state index in [1.54, 1.807) is 12.3 Å². The smallest absolute Gasteiger partial charge is 0.328 e. The number of hydrogen-bond acceptors (Lipinski definition) is 3. The zero-order valence-electron chi connectivity index (χ0n) is 11.8. The van der Waals surface area contributed by atoms with Crippen LogP contribution in [0.1, 0.15) is 44.7 Å². The number of aliphatic carboxylic acids is 1. The Kier molecular flexibility index (Phi) is 5.16. The fourth-order valence-corrected chi connectivity index (χ4v) is 2.69. The molecule has 1 N–H and O–H groups in total. The van der Waals surface area contributed by atoms with E-state index in [9.17, 15) is 4.79 Å². The Morgan fingerprint density at radius 2 is 2.25 bits per heavy atom. The van der Waals surface area contributed by atoms with Gasteiger partial charge in [-0.2, -0.15) is 0 Å². The van der Waals surface area contributed by atoms with Crippen LogP contribution in [0.25, 0.3) is 6.08 Å². The molecule has 1 aromatic rings. The van der Waals surface area contributed by atoms with E-state index in [1.165, 1.54) is 25.3 Å². The molecule has 0 spiro atoms. The molecule has 1 aliphatic rings. The SMILES string of the molecule is CCC1CCCCC1Oc1ccc(C=CC(=O)O)nc1. The molecule has 2 unspecified atom stereocenters. The van der Waals surface area contributed by atoms with E-state index in [2.05, 4.69) is 11.9 Å². The summed E-state index contributed by atoms with van der Waals surface area (Å²) in [5.41, 5.74) is 0.621. The van der Waals surface area contributed by atoms with Gasteiger partial charge in [-0.1, -0.05) is 13.3 Å². The van der Waals surface area contributed by atoms with Crippen molar-refractivity contribution in [1.29, 1.82) is 0 Å². The predicted octanol–water partition coefficient (Wildman–Crippen LogP) is 3.53. The molecule has 1 heterocycles. The van der Waals surface area contributed by atoms with Crippen molar-refractivity contribution in [2.45, 2.75) is 45.1 Å². The number of carboxylic acids is 1. The van der Waals surface area contributed by atoms with Gasteiger partial charge < -0.3 is 9.84 Å². The van der Waals surface area contributed by atoms with Gasteiger partial charge in [-0.3, -0.25) is 4.98 Å². The molecule has 20 heavy (non-hydrogen) atoms. The number of hydrogen-bond donors (Lipinski definition) is 1. The average molecular weight is 275 g/mol. The lowest BCUT2D eigenvalue weighted by Crippen LogP contribution is -2.29. The number of nitrogens with zero attached hydrogens (tertiary/aromatic N) is 1. The van der Waals surface area contributed by atoms with Crippen LogP contribution < -0.4 is 4.74 Å². The first-order chi connectivity index (χ1) is 9.69. The minimum absolute atomic E-state index is 0.288.